The first-order valence-electron chi connectivity index (χ1n) is 7.42. The molecule has 3 rings (SSSR count). The van der Waals surface area contributed by atoms with Crippen molar-refractivity contribution in [3.63, 3.8) is 0 Å². The molecule has 0 radical (unpaired) electrons. The van der Waals surface area contributed by atoms with E-state index < -0.39 is 0 Å². The third kappa shape index (κ3) is 3.01. The van der Waals surface area contributed by atoms with Crippen molar-refractivity contribution in [1.82, 2.24) is 10.2 Å². The Bertz CT molecular complexity index is 581. The van der Waals surface area contributed by atoms with Crippen molar-refractivity contribution in [3.05, 3.63) is 29.3 Å². The fraction of sp³-hybridized carbons (Fsp3) is 0.500. The molecule has 1 saturated heterocycles. The third-order valence-electron chi connectivity index (χ3n) is 4.25. The fourth-order valence-electron chi connectivity index (χ4n) is 2.77. The third-order valence-corrected chi connectivity index (χ3v) is 4.25. The van der Waals surface area contributed by atoms with Crippen LogP contribution in [0.15, 0.2) is 18.2 Å². The van der Waals surface area contributed by atoms with Crippen LogP contribution in [0.5, 0.6) is 5.75 Å². The molecule has 0 unspecified atom stereocenters. The van der Waals surface area contributed by atoms with Crippen molar-refractivity contribution in [3.8, 4) is 5.75 Å². The second-order valence-electron chi connectivity index (χ2n) is 6.06. The van der Waals surface area contributed by atoms with E-state index in [0.29, 0.717) is 24.6 Å². The zero-order valence-corrected chi connectivity index (χ0v) is 12.1. The van der Waals surface area contributed by atoms with Gasteiger partial charge in [-0.1, -0.05) is 6.07 Å². The van der Waals surface area contributed by atoms with Crippen LogP contribution >= 0.6 is 0 Å². The number of rotatable bonds is 4. The summed E-state index contributed by atoms with van der Waals surface area (Å²) in [6.45, 7) is 3.04. The highest BCUT2D eigenvalue weighted by molar-refractivity contribution is 5.94. The van der Waals surface area contributed by atoms with Gasteiger partial charge in [0.25, 0.3) is 5.91 Å². The van der Waals surface area contributed by atoms with Gasteiger partial charge in [0.05, 0.1) is 0 Å². The predicted octanol–water partition coefficient (Wildman–Crippen LogP) is 1.44. The lowest BCUT2D eigenvalue weighted by Gasteiger charge is -2.15. The van der Waals surface area contributed by atoms with E-state index in [0.717, 1.165) is 24.9 Å². The van der Waals surface area contributed by atoms with E-state index in [2.05, 4.69) is 5.32 Å². The van der Waals surface area contributed by atoms with Crippen molar-refractivity contribution < 1.29 is 14.7 Å². The minimum atomic E-state index is -0.206. The van der Waals surface area contributed by atoms with E-state index in [1.165, 1.54) is 6.07 Å². The highest BCUT2D eigenvalue weighted by Gasteiger charge is 2.39. The van der Waals surface area contributed by atoms with Crippen molar-refractivity contribution in [2.75, 3.05) is 13.1 Å². The maximum absolute atomic E-state index is 12.1. The lowest BCUT2D eigenvalue weighted by atomic mass is 10.1. The van der Waals surface area contributed by atoms with Crippen molar-refractivity contribution in [1.29, 1.82) is 0 Å². The molecule has 5 heteroatoms. The van der Waals surface area contributed by atoms with Gasteiger partial charge in [0, 0.05) is 37.0 Å². The highest BCUT2D eigenvalue weighted by atomic mass is 16.3. The minimum absolute atomic E-state index is 0.124. The summed E-state index contributed by atoms with van der Waals surface area (Å²) in [7, 11) is 0. The number of likely N-dealkylation sites (tertiary alicyclic amines) is 1. The molecule has 112 valence electrons. The summed E-state index contributed by atoms with van der Waals surface area (Å²) in [6, 6.07) is 5.34. The Balaban J connectivity index is 1.54. The molecule has 21 heavy (non-hydrogen) atoms. The number of nitrogens with one attached hydrogen (secondary N) is 1. The molecule has 0 bridgehead atoms. The van der Waals surface area contributed by atoms with Gasteiger partial charge >= 0.3 is 0 Å². The Morgan fingerprint density at radius 1 is 1.43 bits per heavy atom. The summed E-state index contributed by atoms with van der Waals surface area (Å²) in [5.41, 5.74) is 1.19. The maximum atomic E-state index is 12.1. The molecule has 5 nitrogen and oxygen atoms in total. The van der Waals surface area contributed by atoms with Gasteiger partial charge in [-0.3, -0.25) is 9.59 Å². The molecular formula is C16H20N2O3. The molecule has 1 aromatic rings. The number of nitrogens with zero attached hydrogens (tertiary/aromatic N) is 1. The van der Waals surface area contributed by atoms with Crippen LogP contribution in [-0.4, -0.2) is 41.0 Å². The van der Waals surface area contributed by atoms with Gasteiger partial charge in [-0.05, 0) is 37.5 Å². The second-order valence-corrected chi connectivity index (χ2v) is 6.06. The smallest absolute Gasteiger partial charge is 0.251 e. The average Bonchev–Trinajstić information content (AvgIpc) is 3.23. The van der Waals surface area contributed by atoms with E-state index in [4.69, 9.17) is 0 Å². The summed E-state index contributed by atoms with van der Waals surface area (Å²) < 4.78 is 0. The second kappa shape index (κ2) is 5.39. The predicted molar refractivity (Wildman–Crippen MR) is 78.0 cm³/mol. The molecule has 1 saturated carbocycles. The standard InChI is InChI=1S/C16H20N2O3/c1-10-2-3-12(7-14(10)19)16(21)17-8-11-6-15(20)18(9-11)13-4-5-13/h2-3,7,11,13,19H,4-6,8-9H2,1H3,(H,17,21)/t11-/m1/s1. The summed E-state index contributed by atoms with van der Waals surface area (Å²) >= 11 is 0. The number of hydrogen-bond acceptors (Lipinski definition) is 3. The maximum Gasteiger partial charge on any atom is 0.251 e. The van der Waals surface area contributed by atoms with Crippen LogP contribution in [0.4, 0.5) is 0 Å². The van der Waals surface area contributed by atoms with Crippen molar-refractivity contribution >= 4 is 11.8 Å². The van der Waals surface area contributed by atoms with Crippen LogP contribution in [0, 0.1) is 12.8 Å². The lowest BCUT2D eigenvalue weighted by Crippen LogP contribution is -2.32. The Morgan fingerprint density at radius 2 is 2.19 bits per heavy atom. The molecule has 2 amide bonds. The van der Waals surface area contributed by atoms with E-state index in [-0.39, 0.29) is 23.5 Å². The molecule has 0 spiro atoms. The Labute approximate surface area is 123 Å². The van der Waals surface area contributed by atoms with Crippen LogP contribution in [0.1, 0.15) is 35.2 Å². The van der Waals surface area contributed by atoms with Gasteiger partial charge in [0.15, 0.2) is 0 Å². The number of aromatic hydroxyl groups is 1. The summed E-state index contributed by atoms with van der Waals surface area (Å²) in [6.07, 6.45) is 2.76. The largest absolute Gasteiger partial charge is 0.508 e. The van der Waals surface area contributed by atoms with Crippen molar-refractivity contribution in [2.24, 2.45) is 5.92 Å². The fourth-order valence-corrected chi connectivity index (χ4v) is 2.77. The van der Waals surface area contributed by atoms with Gasteiger partial charge in [0.2, 0.25) is 5.91 Å². The number of hydrogen-bond donors (Lipinski definition) is 2. The number of aryl methyl sites for hydroxylation is 1. The Kier molecular flexibility index (Phi) is 3.57. The van der Waals surface area contributed by atoms with Gasteiger partial charge in [-0.25, -0.2) is 0 Å². The molecule has 1 aliphatic heterocycles. The van der Waals surface area contributed by atoms with Crippen LogP contribution in [-0.2, 0) is 4.79 Å². The Hall–Kier alpha value is -2.04. The number of carbonyl (C=O) groups excluding carboxylic acids is 2. The topological polar surface area (TPSA) is 69.6 Å². The number of phenols is 1. The molecule has 0 aromatic heterocycles. The lowest BCUT2D eigenvalue weighted by molar-refractivity contribution is -0.128. The van der Waals surface area contributed by atoms with Crippen molar-refractivity contribution in [2.45, 2.75) is 32.2 Å². The first kappa shape index (κ1) is 13.9. The van der Waals surface area contributed by atoms with Gasteiger partial charge < -0.3 is 15.3 Å². The van der Waals surface area contributed by atoms with E-state index in [1.807, 2.05) is 4.90 Å². The molecular weight excluding hydrogens is 268 g/mol. The van der Waals surface area contributed by atoms with Crippen LogP contribution in [0.25, 0.3) is 0 Å². The molecule has 2 N–H and O–H groups in total. The summed E-state index contributed by atoms with van der Waals surface area (Å²) in [4.78, 5) is 25.8. The van der Waals surface area contributed by atoms with E-state index in [1.54, 1.807) is 19.1 Å². The molecule has 1 aliphatic carbocycles. The Morgan fingerprint density at radius 3 is 2.86 bits per heavy atom. The number of carbonyl (C=O) groups is 2. The monoisotopic (exact) mass is 288 g/mol. The molecule has 2 fully saturated rings. The van der Waals surface area contributed by atoms with Gasteiger partial charge in [0.1, 0.15) is 5.75 Å². The molecule has 1 heterocycles. The normalized spacial score (nSPS) is 21.7. The van der Waals surface area contributed by atoms with E-state index in [9.17, 15) is 14.7 Å². The average molecular weight is 288 g/mol. The zero-order valence-electron chi connectivity index (χ0n) is 12.1. The van der Waals surface area contributed by atoms with Gasteiger partial charge in [-0.2, -0.15) is 0 Å². The highest BCUT2D eigenvalue weighted by Crippen LogP contribution is 2.32. The SMILES string of the molecule is Cc1ccc(C(=O)NC[C@H]2CC(=O)N(C3CC3)C2)cc1O. The minimum Gasteiger partial charge on any atom is -0.508 e. The van der Waals surface area contributed by atoms with Crippen LogP contribution < -0.4 is 5.32 Å². The quantitative estimate of drug-likeness (QED) is 0.881. The van der Waals surface area contributed by atoms with E-state index >= 15 is 0 Å². The first-order valence-corrected chi connectivity index (χ1v) is 7.42. The molecule has 1 atom stereocenters. The van der Waals surface area contributed by atoms with Crippen LogP contribution in [0.3, 0.4) is 0 Å². The molecule has 1 aromatic carbocycles. The number of phenolic OH excluding ortho intramolecular Hbond substituents is 1. The molecule has 2 aliphatic rings. The summed E-state index contributed by atoms with van der Waals surface area (Å²) in [5, 5.41) is 12.5. The first-order chi connectivity index (χ1) is 10.0. The zero-order chi connectivity index (χ0) is 15.0. The number of amides is 2. The van der Waals surface area contributed by atoms with Crippen LogP contribution in [0.2, 0.25) is 0 Å². The van der Waals surface area contributed by atoms with Gasteiger partial charge in [-0.15, -0.1) is 0 Å². The number of benzene rings is 1. The summed E-state index contributed by atoms with van der Waals surface area (Å²) in [5.74, 6) is 0.326.